The molecule has 0 fully saturated rings. The van der Waals surface area contributed by atoms with Gasteiger partial charge in [-0.1, -0.05) is 18.6 Å². The molecule has 0 heterocycles. The summed E-state index contributed by atoms with van der Waals surface area (Å²) in [5.74, 6) is -1.37. The quantitative estimate of drug-likeness (QED) is 0.314. The predicted molar refractivity (Wildman–Crippen MR) is 66.5 cm³/mol. The number of carboxylic acid groups (broad SMARTS) is 1. The first-order valence-corrected chi connectivity index (χ1v) is 6.01. The minimum Gasteiger partial charge on any atom is -0.479 e. The molecular weight excluding hydrogens is 256 g/mol. The number of rotatable bonds is 10. The molecule has 0 aliphatic heterocycles. The Hall–Kier alpha value is -0.990. The summed E-state index contributed by atoms with van der Waals surface area (Å²) in [5.41, 5.74) is 0.886. The van der Waals surface area contributed by atoms with Crippen molar-refractivity contribution in [3.63, 3.8) is 0 Å². The lowest BCUT2D eigenvalue weighted by molar-refractivity contribution is -0.227. The fraction of sp³-hybridized carbons (Fsp3) is 0.750. The zero-order valence-electron chi connectivity index (χ0n) is 11.2. The zero-order chi connectivity index (χ0) is 14.8. The SMILES string of the molecule is CC/C=C(\C)COC(OC(CO)C(=O)O)C(O)CO. The molecule has 0 aromatic heterocycles. The van der Waals surface area contributed by atoms with Gasteiger partial charge >= 0.3 is 5.97 Å². The van der Waals surface area contributed by atoms with E-state index in [0.717, 1.165) is 12.0 Å². The summed E-state index contributed by atoms with van der Waals surface area (Å²) in [4.78, 5) is 10.7. The summed E-state index contributed by atoms with van der Waals surface area (Å²) in [6, 6.07) is 0. The van der Waals surface area contributed by atoms with Gasteiger partial charge in [0.05, 0.1) is 19.8 Å². The molecule has 0 aromatic rings. The maximum Gasteiger partial charge on any atom is 0.335 e. The van der Waals surface area contributed by atoms with Gasteiger partial charge < -0.3 is 29.9 Å². The average molecular weight is 278 g/mol. The first-order valence-electron chi connectivity index (χ1n) is 6.01. The standard InChI is InChI=1S/C12H22O7/c1-3-4-8(2)7-18-12(9(15)5-13)19-10(6-14)11(16)17/h4,9-10,12-15H,3,5-7H2,1-2H3,(H,16,17)/b8-4+. The lowest BCUT2D eigenvalue weighted by Gasteiger charge is -2.25. The highest BCUT2D eigenvalue weighted by Gasteiger charge is 2.27. The maximum absolute atomic E-state index is 10.7. The fourth-order valence-electron chi connectivity index (χ4n) is 1.29. The monoisotopic (exact) mass is 278 g/mol. The highest BCUT2D eigenvalue weighted by molar-refractivity contribution is 5.72. The number of aliphatic hydroxyl groups is 3. The van der Waals surface area contributed by atoms with Crippen LogP contribution in [0.15, 0.2) is 11.6 Å². The summed E-state index contributed by atoms with van der Waals surface area (Å²) in [6.07, 6.45) is -1.50. The Morgan fingerprint density at radius 1 is 1.32 bits per heavy atom. The third-order valence-corrected chi connectivity index (χ3v) is 2.27. The van der Waals surface area contributed by atoms with E-state index in [4.69, 9.17) is 24.8 Å². The van der Waals surface area contributed by atoms with Gasteiger partial charge in [0, 0.05) is 0 Å². The third kappa shape index (κ3) is 7.24. The minimum atomic E-state index is -1.51. The zero-order valence-corrected chi connectivity index (χ0v) is 11.2. The maximum atomic E-state index is 10.7. The molecule has 0 saturated carbocycles. The van der Waals surface area contributed by atoms with Crippen LogP contribution in [0.2, 0.25) is 0 Å². The molecule has 0 rings (SSSR count). The highest BCUT2D eigenvalue weighted by Crippen LogP contribution is 2.09. The van der Waals surface area contributed by atoms with Crippen LogP contribution in [0.5, 0.6) is 0 Å². The molecule has 0 spiro atoms. The number of carbonyl (C=O) groups is 1. The van der Waals surface area contributed by atoms with Gasteiger partial charge in [-0.15, -0.1) is 0 Å². The van der Waals surface area contributed by atoms with Gasteiger partial charge in [0.15, 0.2) is 12.4 Å². The van der Waals surface area contributed by atoms with Crippen molar-refractivity contribution in [3.05, 3.63) is 11.6 Å². The van der Waals surface area contributed by atoms with Gasteiger partial charge in [-0.3, -0.25) is 0 Å². The Morgan fingerprint density at radius 3 is 2.37 bits per heavy atom. The topological polar surface area (TPSA) is 116 Å². The van der Waals surface area contributed by atoms with Crippen LogP contribution in [0.25, 0.3) is 0 Å². The van der Waals surface area contributed by atoms with Crippen LogP contribution in [0.3, 0.4) is 0 Å². The molecular formula is C12H22O7. The third-order valence-electron chi connectivity index (χ3n) is 2.27. The lowest BCUT2D eigenvalue weighted by atomic mass is 10.2. The van der Waals surface area contributed by atoms with Crippen molar-refractivity contribution in [2.24, 2.45) is 0 Å². The molecule has 7 nitrogen and oxygen atoms in total. The predicted octanol–water partition coefficient (Wildman–Crippen LogP) is -0.499. The Labute approximate surface area is 112 Å². The lowest BCUT2D eigenvalue weighted by Crippen LogP contribution is -2.41. The summed E-state index contributed by atoms with van der Waals surface area (Å²) in [5, 5.41) is 35.9. The second-order valence-electron chi connectivity index (χ2n) is 4.03. The van der Waals surface area contributed by atoms with Crippen LogP contribution in [-0.4, -0.2) is 64.7 Å². The van der Waals surface area contributed by atoms with Crippen LogP contribution in [0.1, 0.15) is 20.3 Å². The van der Waals surface area contributed by atoms with Crippen molar-refractivity contribution in [1.82, 2.24) is 0 Å². The summed E-state index contributed by atoms with van der Waals surface area (Å²) < 4.78 is 10.2. The fourth-order valence-corrected chi connectivity index (χ4v) is 1.29. The van der Waals surface area contributed by atoms with E-state index >= 15 is 0 Å². The van der Waals surface area contributed by atoms with Crippen molar-refractivity contribution in [3.8, 4) is 0 Å². The molecule has 3 atom stereocenters. The number of hydrogen-bond acceptors (Lipinski definition) is 6. The number of allylic oxidation sites excluding steroid dienone is 1. The summed E-state index contributed by atoms with van der Waals surface area (Å²) >= 11 is 0. The summed E-state index contributed by atoms with van der Waals surface area (Å²) in [6.45, 7) is 2.50. The van der Waals surface area contributed by atoms with Gasteiger partial charge in [-0.2, -0.15) is 0 Å². The second-order valence-corrected chi connectivity index (χ2v) is 4.03. The van der Waals surface area contributed by atoms with Crippen LogP contribution in [-0.2, 0) is 14.3 Å². The minimum absolute atomic E-state index is 0.132. The molecule has 3 unspecified atom stereocenters. The van der Waals surface area contributed by atoms with Gasteiger partial charge in [0.1, 0.15) is 6.10 Å². The molecule has 0 amide bonds. The molecule has 0 aromatic carbocycles. The van der Waals surface area contributed by atoms with Crippen LogP contribution in [0, 0.1) is 0 Å². The Bertz CT molecular complexity index is 290. The van der Waals surface area contributed by atoms with Gasteiger partial charge in [-0.05, 0) is 13.3 Å². The smallest absolute Gasteiger partial charge is 0.335 e. The van der Waals surface area contributed by atoms with Gasteiger partial charge in [0.2, 0.25) is 0 Å². The van der Waals surface area contributed by atoms with E-state index in [1.807, 2.05) is 19.9 Å². The molecule has 0 saturated heterocycles. The van der Waals surface area contributed by atoms with Crippen molar-refractivity contribution in [1.29, 1.82) is 0 Å². The van der Waals surface area contributed by atoms with E-state index in [2.05, 4.69) is 0 Å². The first-order chi connectivity index (χ1) is 8.96. The molecule has 0 bridgehead atoms. The normalized spacial score (nSPS) is 17.0. The van der Waals surface area contributed by atoms with Crippen LogP contribution in [0.4, 0.5) is 0 Å². The number of hydrogen-bond donors (Lipinski definition) is 4. The van der Waals surface area contributed by atoms with E-state index < -0.39 is 37.7 Å². The average Bonchev–Trinajstić information content (AvgIpc) is 2.38. The first kappa shape index (κ1) is 18.0. The van der Waals surface area contributed by atoms with Crippen molar-refractivity contribution >= 4 is 5.97 Å². The number of ether oxygens (including phenoxy) is 2. The molecule has 0 radical (unpaired) electrons. The molecule has 7 heteroatoms. The van der Waals surface area contributed by atoms with E-state index in [9.17, 15) is 9.90 Å². The molecule has 0 aliphatic carbocycles. The van der Waals surface area contributed by atoms with Crippen LogP contribution >= 0.6 is 0 Å². The number of aliphatic carboxylic acids is 1. The van der Waals surface area contributed by atoms with Gasteiger partial charge in [0.25, 0.3) is 0 Å². The van der Waals surface area contributed by atoms with Gasteiger partial charge in [-0.25, -0.2) is 4.79 Å². The molecule has 0 aliphatic rings. The highest BCUT2D eigenvalue weighted by atomic mass is 16.7. The van der Waals surface area contributed by atoms with E-state index in [0.29, 0.717) is 0 Å². The van der Waals surface area contributed by atoms with E-state index in [1.165, 1.54) is 0 Å². The second kappa shape index (κ2) is 9.88. The number of carboxylic acids is 1. The van der Waals surface area contributed by atoms with Crippen molar-refractivity contribution in [2.75, 3.05) is 19.8 Å². The Kier molecular flexibility index (Phi) is 9.36. The van der Waals surface area contributed by atoms with E-state index in [-0.39, 0.29) is 6.61 Å². The van der Waals surface area contributed by atoms with Crippen molar-refractivity contribution in [2.45, 2.75) is 38.8 Å². The molecule has 112 valence electrons. The summed E-state index contributed by atoms with van der Waals surface area (Å²) in [7, 11) is 0. The van der Waals surface area contributed by atoms with E-state index in [1.54, 1.807) is 0 Å². The Balaban J connectivity index is 4.55. The van der Waals surface area contributed by atoms with Crippen molar-refractivity contribution < 1.29 is 34.7 Å². The van der Waals surface area contributed by atoms with Crippen LogP contribution < -0.4 is 0 Å². The molecule has 19 heavy (non-hydrogen) atoms. The Morgan fingerprint density at radius 2 is 1.95 bits per heavy atom. The molecule has 4 N–H and O–H groups in total. The number of aliphatic hydroxyl groups excluding tert-OH is 3. The largest absolute Gasteiger partial charge is 0.479 e.